The maximum Gasteiger partial charge on any atom is 0.252 e. The Bertz CT molecular complexity index is 4310. The van der Waals surface area contributed by atoms with Gasteiger partial charge in [-0.25, -0.2) is 8.78 Å². The molecule has 2 aliphatic carbocycles. The first-order valence-electron chi connectivity index (χ1n) is 36.2. The van der Waals surface area contributed by atoms with Gasteiger partial charge in [-0.05, 0) is 152 Å². The number of rotatable bonds is 12. The van der Waals surface area contributed by atoms with Gasteiger partial charge in [-0.15, -0.1) is 0 Å². The van der Waals surface area contributed by atoms with Crippen LogP contribution in [0.25, 0.3) is 16.5 Å². The first-order valence-corrected chi connectivity index (χ1v) is 38.5. The molecule has 0 unspecified atom stereocenters. The van der Waals surface area contributed by atoms with Crippen molar-refractivity contribution < 1.29 is 61.8 Å². The number of primary amides is 1. The Labute approximate surface area is 617 Å². The van der Waals surface area contributed by atoms with Crippen molar-refractivity contribution in [3.8, 4) is 5.75 Å². The lowest BCUT2D eigenvalue weighted by Crippen LogP contribution is -2.59. The first-order chi connectivity index (χ1) is 50.6. The van der Waals surface area contributed by atoms with Crippen molar-refractivity contribution in [2.24, 2.45) is 28.3 Å². The molecule has 22 nitrogen and oxygen atoms in total. The molecule has 11 rings (SSSR count). The number of hydrogen-bond acceptors (Lipinski definition) is 15. The number of anilines is 1. The number of aromatic amines is 1. The van der Waals surface area contributed by atoms with Gasteiger partial charge >= 0.3 is 0 Å². The van der Waals surface area contributed by atoms with Crippen LogP contribution in [-0.4, -0.2) is 153 Å². The summed E-state index contributed by atoms with van der Waals surface area (Å²) in [6.45, 7) is 0.760. The number of thioether (sulfide) groups is 2. The minimum Gasteiger partial charge on any atom is -0.508 e. The van der Waals surface area contributed by atoms with Gasteiger partial charge < -0.3 is 57.9 Å². The molecule has 105 heavy (non-hydrogen) atoms. The molecular formula is C79H91F2N11O11S2. The Balaban J connectivity index is 0.950. The molecular weight excluding hydrogens is 1380 g/mol. The van der Waals surface area contributed by atoms with Gasteiger partial charge in [0.15, 0.2) is 11.6 Å². The van der Waals surface area contributed by atoms with E-state index >= 15 is 32.8 Å². The number of carbonyl (C=O) groups is 10. The van der Waals surface area contributed by atoms with Gasteiger partial charge in [0.05, 0.1) is 29.7 Å². The van der Waals surface area contributed by atoms with Gasteiger partial charge in [0.1, 0.15) is 48.1 Å². The van der Waals surface area contributed by atoms with Crippen LogP contribution in [0.15, 0.2) is 126 Å². The minimum atomic E-state index is -1.53. The summed E-state index contributed by atoms with van der Waals surface area (Å²) in [5.41, 5.74) is 16.9. The molecule has 3 aliphatic heterocycles. The summed E-state index contributed by atoms with van der Waals surface area (Å²) < 4.78 is 30.2. The number of aromatic hydroxyl groups is 1. The fraction of sp³-hybridized carbons (Fsp3) is 0.430. The number of fused-ring (bicyclic) bond motifs is 9. The number of H-pyrrole nitrogens is 1. The highest BCUT2D eigenvalue weighted by molar-refractivity contribution is 7.98. The summed E-state index contributed by atoms with van der Waals surface area (Å²) in [5.74, 6) is -7.38. The number of hydrogen-bond donors (Lipinski definition) is 9. The molecule has 5 aliphatic rings. The number of aromatic nitrogens is 1. The normalized spacial score (nSPS) is 23.7. The van der Waals surface area contributed by atoms with Crippen LogP contribution in [0, 0.1) is 23.5 Å². The van der Waals surface area contributed by atoms with E-state index in [0.29, 0.717) is 112 Å². The van der Waals surface area contributed by atoms with E-state index in [2.05, 4.69) is 31.6 Å². The van der Waals surface area contributed by atoms with E-state index in [1.807, 2.05) is 24.3 Å². The quantitative estimate of drug-likeness (QED) is 0.0526. The van der Waals surface area contributed by atoms with Crippen molar-refractivity contribution in [2.75, 3.05) is 42.6 Å². The molecule has 4 bridgehead atoms. The van der Waals surface area contributed by atoms with Crippen molar-refractivity contribution in [1.82, 2.24) is 36.5 Å². The number of nitrogens with zero attached hydrogens (tertiary/aromatic N) is 3. The van der Waals surface area contributed by atoms with Crippen molar-refractivity contribution in [2.45, 2.75) is 163 Å². The number of ketones is 2. The summed E-state index contributed by atoms with van der Waals surface area (Å²) in [5, 5.41) is 24.7. The number of amides is 8. The standard InChI is InChI=1S/C79H91F2N11O11S2/c1-79-29-10-31-92(79)78(103)65(34-47-18-25-57(93)26-19-47)88-72(98)43-91-67-17-6-5-15-58(67)73(51-13-3-2-4-14-51)89-66(77(91)102)40-68(94)63(36-53-41-84-61-27-24-56(81)39-60(53)61)90-76(101)64(35-52-21-20-50-22-23-55(80)38-59(50)52)87-71(97)42-85-75(100)62(16-7-8-30-82)86-70(96)28-32-104-44-48-11-9-12-49(33-48)45-105-46-54(74(83)99)37-69(79)95/h5-6,9,11-12,15,17-19,21-27,33,38-39,41,51,54,62-66,84,93H,2-4,7-8,10,13-14,16,20,28-32,34-37,40,42-46,82H2,1H3,(H2,83,99)(H,85,100)(H,86,96)(H,87,97)(H,88,98)(H,90,101)/t54-,62-,63-,64-,65-,66-,79-/m0/s1. The molecule has 2 fully saturated rings. The lowest BCUT2D eigenvalue weighted by molar-refractivity contribution is -0.146. The zero-order chi connectivity index (χ0) is 74.3. The highest BCUT2D eigenvalue weighted by Crippen LogP contribution is 2.38. The number of allylic oxidation sites excluding steroid dienone is 1. The van der Waals surface area contributed by atoms with Gasteiger partial charge in [0, 0.05) is 102 Å². The zero-order valence-electron chi connectivity index (χ0n) is 58.9. The summed E-state index contributed by atoms with van der Waals surface area (Å²) in [4.78, 5) is 159. The predicted octanol–water partition coefficient (Wildman–Crippen LogP) is 7.91. The Hall–Kier alpha value is -9.53. The van der Waals surface area contributed by atoms with Crippen LogP contribution in [-0.2, 0) is 78.7 Å². The summed E-state index contributed by atoms with van der Waals surface area (Å²) >= 11 is 2.93. The molecule has 5 aromatic carbocycles. The molecule has 4 heterocycles. The number of aliphatic imine (C=N–C) groups is 1. The second kappa shape index (κ2) is 35.5. The van der Waals surface area contributed by atoms with Crippen LogP contribution in [0.3, 0.4) is 0 Å². The molecule has 7 atom stereocenters. The number of phenolic OH excluding ortho intramolecular Hbond substituents is 1. The Kier molecular flexibility index (Phi) is 25.9. The molecule has 1 saturated carbocycles. The van der Waals surface area contributed by atoms with Crippen LogP contribution in [0.5, 0.6) is 5.75 Å². The van der Waals surface area contributed by atoms with Crippen molar-refractivity contribution >= 4 is 110 Å². The lowest BCUT2D eigenvalue weighted by atomic mass is 9.82. The maximum absolute atomic E-state index is 15.9. The zero-order valence-corrected chi connectivity index (χ0v) is 60.5. The number of phenols is 1. The molecule has 1 saturated heterocycles. The van der Waals surface area contributed by atoms with Gasteiger partial charge in [-0.2, -0.15) is 23.5 Å². The van der Waals surface area contributed by atoms with E-state index in [9.17, 15) is 29.1 Å². The third-order valence-electron chi connectivity index (χ3n) is 20.6. The third-order valence-corrected chi connectivity index (χ3v) is 22.8. The summed E-state index contributed by atoms with van der Waals surface area (Å²) in [7, 11) is 0. The van der Waals surface area contributed by atoms with Gasteiger partial charge in [-0.1, -0.05) is 86.0 Å². The lowest BCUT2D eigenvalue weighted by Gasteiger charge is -2.37. The largest absolute Gasteiger partial charge is 0.508 e. The van der Waals surface area contributed by atoms with Crippen LogP contribution >= 0.6 is 23.5 Å². The van der Waals surface area contributed by atoms with Gasteiger partial charge in [0.25, 0.3) is 5.91 Å². The molecule has 8 amide bonds. The molecule has 0 spiro atoms. The SMILES string of the molecule is C[C@@]12CCCN1C(=O)[C@H](Cc1ccc(O)cc1)NC(=O)CN1C(=O)[C@H](CC(=O)[C@H](Cc3c[nH]c4ccc(F)cc34)NC(=O)[C@H](CC3=CCc4ccc(F)cc43)NC(=O)CNC(=O)[C@H](CCCCN)NC(=O)CCSCc3cccc(c3)CSC[C@@H](C(N)=O)CC2=O)N=C(C2CCCCC2)c2ccccc21. The molecule has 11 N–H and O–H groups in total. The maximum atomic E-state index is 15.9. The highest BCUT2D eigenvalue weighted by Gasteiger charge is 2.48. The topological polar surface area (TPSA) is 338 Å². The monoisotopic (exact) mass is 1470 g/mol. The number of carbonyl (C=O) groups excluding carboxylic acids is 10. The Morgan fingerprint density at radius 1 is 0.705 bits per heavy atom. The fourth-order valence-electron chi connectivity index (χ4n) is 14.9. The van der Waals surface area contributed by atoms with Gasteiger partial charge in [-0.3, -0.25) is 52.9 Å². The van der Waals surface area contributed by atoms with Crippen LogP contribution in [0.1, 0.15) is 136 Å². The van der Waals surface area contributed by atoms with Crippen LogP contribution in [0.4, 0.5) is 14.5 Å². The number of para-hydroxylation sites is 1. The molecule has 1 aromatic heterocycles. The molecule has 0 radical (unpaired) electrons. The summed E-state index contributed by atoms with van der Waals surface area (Å²) in [6, 6.07) is 22.3. The number of Topliss-reactive ketones (excluding diaryl/α,β-unsaturated/α-hetero) is 2. The minimum absolute atomic E-state index is 0.0439. The number of halogens is 2. The van der Waals surface area contributed by atoms with Crippen molar-refractivity contribution in [3.63, 3.8) is 0 Å². The van der Waals surface area contributed by atoms with E-state index in [1.54, 1.807) is 61.7 Å². The number of nitrogens with two attached hydrogens (primary N) is 2. The number of benzene rings is 5. The smallest absolute Gasteiger partial charge is 0.252 e. The number of nitrogens with one attached hydrogen (secondary N) is 6. The first kappa shape index (κ1) is 76.6. The average molecular weight is 1470 g/mol. The number of unbranched alkanes of at least 4 members (excludes halogenated alkanes) is 1. The van der Waals surface area contributed by atoms with E-state index in [4.69, 9.17) is 16.5 Å². The van der Waals surface area contributed by atoms with E-state index in [-0.39, 0.29) is 74.7 Å². The summed E-state index contributed by atoms with van der Waals surface area (Å²) in [6.07, 6.45) is 8.21. The fourth-order valence-corrected chi connectivity index (χ4v) is 16.9. The Morgan fingerprint density at radius 2 is 1.44 bits per heavy atom. The molecule has 554 valence electrons. The van der Waals surface area contributed by atoms with Crippen LogP contribution in [0.2, 0.25) is 0 Å². The molecule has 6 aromatic rings. The van der Waals surface area contributed by atoms with Crippen molar-refractivity contribution in [1.29, 1.82) is 0 Å². The second-order valence-corrected chi connectivity index (χ2v) is 30.3. The van der Waals surface area contributed by atoms with E-state index in [1.165, 1.54) is 75.8 Å². The van der Waals surface area contributed by atoms with Crippen molar-refractivity contribution in [3.05, 3.63) is 172 Å². The van der Waals surface area contributed by atoms with E-state index in [0.717, 1.165) is 36.0 Å². The third kappa shape index (κ3) is 19.5. The van der Waals surface area contributed by atoms with Crippen LogP contribution < -0.4 is 43.0 Å². The molecule has 26 heteroatoms. The Morgan fingerprint density at radius 3 is 2.21 bits per heavy atom. The highest BCUT2D eigenvalue weighted by atomic mass is 32.2. The van der Waals surface area contributed by atoms with Gasteiger partial charge in [0.2, 0.25) is 41.4 Å². The van der Waals surface area contributed by atoms with E-state index < -0.39 is 126 Å². The second-order valence-electron chi connectivity index (χ2n) is 28.1. The predicted molar refractivity (Wildman–Crippen MR) is 400 cm³/mol. The average Bonchev–Trinajstić information content (AvgIpc) is 1.64.